The molecule has 0 spiro atoms. The topological polar surface area (TPSA) is 29.5 Å². The molecule has 2 aliphatic rings. The Morgan fingerprint density at radius 3 is 2.83 bits per heavy atom. The maximum atomic E-state index is 13.0. The number of hydrogen-bond donors (Lipinski definition) is 1. The van der Waals surface area contributed by atoms with Crippen LogP contribution in [-0.4, -0.2) is 11.7 Å². The summed E-state index contributed by atoms with van der Waals surface area (Å²) in [6.07, 6.45) is 5.37. The smallest absolute Gasteiger partial charge is 0.125 e. The highest BCUT2D eigenvalue weighted by molar-refractivity contribution is 5.33. The summed E-state index contributed by atoms with van der Waals surface area (Å²) in [5, 5.41) is 9.19. The van der Waals surface area contributed by atoms with Crippen molar-refractivity contribution in [1.82, 2.24) is 0 Å². The fourth-order valence-electron chi connectivity index (χ4n) is 3.59. The largest absolute Gasteiger partial charge is 0.493 e. The molecule has 0 saturated heterocycles. The van der Waals surface area contributed by atoms with Crippen LogP contribution in [0.2, 0.25) is 0 Å². The van der Waals surface area contributed by atoms with Gasteiger partial charge in [-0.2, -0.15) is 0 Å². The van der Waals surface area contributed by atoms with Crippen molar-refractivity contribution < 1.29 is 14.2 Å². The van der Waals surface area contributed by atoms with Gasteiger partial charge in [0.2, 0.25) is 0 Å². The Morgan fingerprint density at radius 1 is 1.28 bits per heavy atom. The van der Waals surface area contributed by atoms with E-state index >= 15 is 0 Å². The molecule has 3 heteroatoms. The van der Waals surface area contributed by atoms with Crippen molar-refractivity contribution in [2.24, 2.45) is 17.8 Å². The van der Waals surface area contributed by atoms with Gasteiger partial charge >= 0.3 is 0 Å². The van der Waals surface area contributed by atoms with Gasteiger partial charge in [-0.25, -0.2) is 4.39 Å². The van der Waals surface area contributed by atoms with Crippen molar-refractivity contribution in [3.05, 3.63) is 29.6 Å². The minimum absolute atomic E-state index is 0.177. The fourth-order valence-corrected chi connectivity index (χ4v) is 3.59. The number of aliphatic hydroxyl groups excluding tert-OH is 1. The number of fused-ring (bicyclic) bond motifs is 2. The summed E-state index contributed by atoms with van der Waals surface area (Å²) < 4.78 is 18.8. The molecule has 0 aromatic heterocycles. The third-order valence-corrected chi connectivity index (χ3v) is 4.53. The predicted octanol–water partition coefficient (Wildman–Crippen LogP) is 3.13. The van der Waals surface area contributed by atoms with Crippen molar-refractivity contribution >= 4 is 0 Å². The molecule has 3 rings (SSSR count). The molecule has 3 atom stereocenters. The maximum absolute atomic E-state index is 13.0. The summed E-state index contributed by atoms with van der Waals surface area (Å²) >= 11 is 0. The Hall–Kier alpha value is -1.09. The Morgan fingerprint density at radius 2 is 2.17 bits per heavy atom. The van der Waals surface area contributed by atoms with Gasteiger partial charge in [-0.1, -0.05) is 6.42 Å². The minimum Gasteiger partial charge on any atom is -0.493 e. The highest BCUT2D eigenvalue weighted by atomic mass is 19.1. The van der Waals surface area contributed by atoms with Crippen LogP contribution < -0.4 is 4.74 Å². The number of aliphatic hydroxyl groups is 1. The van der Waals surface area contributed by atoms with E-state index in [2.05, 4.69) is 0 Å². The number of benzene rings is 1. The normalized spacial score (nSPS) is 29.8. The number of rotatable bonds is 4. The van der Waals surface area contributed by atoms with Crippen LogP contribution >= 0.6 is 0 Å². The van der Waals surface area contributed by atoms with E-state index < -0.39 is 0 Å². The van der Waals surface area contributed by atoms with E-state index in [1.54, 1.807) is 6.07 Å². The molecule has 0 amide bonds. The molecule has 2 aliphatic carbocycles. The van der Waals surface area contributed by atoms with Crippen LogP contribution in [0.4, 0.5) is 4.39 Å². The van der Waals surface area contributed by atoms with Crippen LogP contribution in [0.5, 0.6) is 5.75 Å². The fraction of sp³-hybridized carbons (Fsp3) is 0.600. The van der Waals surface area contributed by atoms with Gasteiger partial charge in [0.05, 0.1) is 13.2 Å². The highest BCUT2D eigenvalue weighted by Crippen LogP contribution is 2.48. The van der Waals surface area contributed by atoms with E-state index in [9.17, 15) is 9.50 Å². The minimum atomic E-state index is -0.327. The Balaban J connectivity index is 1.63. The average molecular weight is 250 g/mol. The van der Waals surface area contributed by atoms with Crippen LogP contribution in [0.1, 0.15) is 31.2 Å². The van der Waals surface area contributed by atoms with Crippen molar-refractivity contribution in [1.29, 1.82) is 0 Å². The molecule has 0 aliphatic heterocycles. The number of hydrogen-bond acceptors (Lipinski definition) is 2. The van der Waals surface area contributed by atoms with Crippen molar-refractivity contribution in [2.45, 2.75) is 32.3 Å². The maximum Gasteiger partial charge on any atom is 0.125 e. The lowest BCUT2D eigenvalue weighted by Gasteiger charge is -2.22. The Bertz CT molecular complexity index is 433. The molecule has 3 unspecified atom stereocenters. The lowest BCUT2D eigenvalue weighted by atomic mass is 9.89. The first-order valence-electron chi connectivity index (χ1n) is 6.78. The molecule has 2 fully saturated rings. The SMILES string of the molecule is OCc1cc(F)ccc1OCC1CC2CCC1C2. The third kappa shape index (κ3) is 2.24. The van der Waals surface area contributed by atoms with Crippen LogP contribution in [-0.2, 0) is 6.61 Å². The van der Waals surface area contributed by atoms with Crippen molar-refractivity contribution in [3.8, 4) is 5.75 Å². The molecule has 1 N–H and O–H groups in total. The van der Waals surface area contributed by atoms with Gasteiger partial charge < -0.3 is 9.84 Å². The van der Waals surface area contributed by atoms with Gasteiger partial charge in [-0.05, 0) is 55.2 Å². The summed E-state index contributed by atoms with van der Waals surface area (Å²) in [6, 6.07) is 4.35. The third-order valence-electron chi connectivity index (χ3n) is 4.53. The second-order valence-electron chi connectivity index (χ2n) is 5.66. The highest BCUT2D eigenvalue weighted by Gasteiger charge is 2.39. The van der Waals surface area contributed by atoms with E-state index in [-0.39, 0.29) is 12.4 Å². The van der Waals surface area contributed by atoms with E-state index in [1.807, 2.05) is 0 Å². The van der Waals surface area contributed by atoms with Crippen molar-refractivity contribution in [2.75, 3.05) is 6.61 Å². The number of halogens is 1. The zero-order valence-corrected chi connectivity index (χ0v) is 10.4. The van der Waals surface area contributed by atoms with E-state index in [0.717, 1.165) is 11.8 Å². The summed E-state index contributed by atoms with van der Waals surface area (Å²) in [5.74, 6) is 2.69. The Labute approximate surface area is 107 Å². The standard InChI is InChI=1S/C15H19FO2/c16-14-3-4-15(12(7-14)8-17)18-9-13-6-10-1-2-11(13)5-10/h3-4,7,10-11,13,17H,1-2,5-6,8-9H2. The second kappa shape index (κ2) is 4.88. The summed E-state index contributed by atoms with van der Waals surface area (Å²) in [4.78, 5) is 0. The molecular formula is C15H19FO2. The van der Waals surface area contributed by atoms with E-state index in [4.69, 9.17) is 4.74 Å². The first kappa shape index (κ1) is 12.0. The summed E-state index contributed by atoms with van der Waals surface area (Å²) in [5.41, 5.74) is 0.540. The van der Waals surface area contributed by atoms with Gasteiger partial charge in [-0.15, -0.1) is 0 Å². The molecule has 98 valence electrons. The van der Waals surface area contributed by atoms with Crippen LogP contribution in [0.25, 0.3) is 0 Å². The monoisotopic (exact) mass is 250 g/mol. The first-order valence-corrected chi connectivity index (χ1v) is 6.78. The molecule has 1 aromatic carbocycles. The molecule has 18 heavy (non-hydrogen) atoms. The lowest BCUT2D eigenvalue weighted by Crippen LogP contribution is -2.19. The zero-order chi connectivity index (χ0) is 12.5. The molecule has 0 radical (unpaired) electrons. The molecular weight excluding hydrogens is 231 g/mol. The lowest BCUT2D eigenvalue weighted by molar-refractivity contribution is 0.189. The molecule has 1 aromatic rings. The Kier molecular flexibility index (Phi) is 3.25. The quantitative estimate of drug-likeness (QED) is 0.889. The van der Waals surface area contributed by atoms with Gasteiger partial charge in [0.1, 0.15) is 11.6 Å². The zero-order valence-electron chi connectivity index (χ0n) is 10.4. The number of ether oxygens (including phenoxy) is 1. The summed E-state index contributed by atoms with van der Waals surface area (Å²) in [7, 11) is 0. The molecule has 2 saturated carbocycles. The summed E-state index contributed by atoms with van der Waals surface area (Å²) in [6.45, 7) is 0.531. The second-order valence-corrected chi connectivity index (χ2v) is 5.66. The molecule has 2 nitrogen and oxygen atoms in total. The van der Waals surface area contributed by atoms with Gasteiger partial charge in [-0.3, -0.25) is 0 Å². The van der Waals surface area contributed by atoms with E-state index in [1.165, 1.54) is 37.8 Å². The van der Waals surface area contributed by atoms with Crippen LogP contribution in [0.3, 0.4) is 0 Å². The van der Waals surface area contributed by atoms with Crippen LogP contribution in [0.15, 0.2) is 18.2 Å². The molecule has 2 bridgehead atoms. The van der Waals surface area contributed by atoms with Gasteiger partial charge in [0, 0.05) is 5.56 Å². The van der Waals surface area contributed by atoms with Gasteiger partial charge in [0.15, 0.2) is 0 Å². The first-order chi connectivity index (χ1) is 8.76. The van der Waals surface area contributed by atoms with Gasteiger partial charge in [0.25, 0.3) is 0 Å². The van der Waals surface area contributed by atoms with Crippen molar-refractivity contribution in [3.63, 3.8) is 0 Å². The molecule has 0 heterocycles. The predicted molar refractivity (Wildman–Crippen MR) is 66.8 cm³/mol. The average Bonchev–Trinajstić information content (AvgIpc) is 2.99. The van der Waals surface area contributed by atoms with E-state index in [0.29, 0.717) is 23.8 Å². The van der Waals surface area contributed by atoms with Crippen LogP contribution in [0, 0.1) is 23.6 Å².